The summed E-state index contributed by atoms with van der Waals surface area (Å²) in [6.45, 7) is 9.07. The van der Waals surface area contributed by atoms with Crippen LogP contribution in [0.3, 0.4) is 0 Å². The largest absolute Gasteiger partial charge is 0.323 e. The molecule has 0 heterocycles. The van der Waals surface area contributed by atoms with E-state index in [2.05, 4.69) is 49.9 Å². The van der Waals surface area contributed by atoms with Gasteiger partial charge in [-0.25, -0.2) is 0 Å². The highest BCUT2D eigenvalue weighted by atomic mass is 15.2. The van der Waals surface area contributed by atoms with Crippen LogP contribution in [0.4, 0.5) is 0 Å². The van der Waals surface area contributed by atoms with Crippen LogP contribution >= 0.6 is 0 Å². The Morgan fingerprint density at radius 2 is 1.89 bits per heavy atom. The molecule has 1 aromatic carbocycles. The van der Waals surface area contributed by atoms with E-state index < -0.39 is 0 Å². The first-order chi connectivity index (χ1) is 8.69. The molecule has 0 radical (unpaired) electrons. The van der Waals surface area contributed by atoms with Crippen LogP contribution in [-0.4, -0.2) is 24.0 Å². The number of hydrogen-bond donors (Lipinski definition) is 1. The molecule has 18 heavy (non-hydrogen) atoms. The van der Waals surface area contributed by atoms with E-state index in [4.69, 9.17) is 5.73 Å². The number of nitrogens with two attached hydrogens (primary N) is 1. The van der Waals surface area contributed by atoms with Gasteiger partial charge in [0.1, 0.15) is 0 Å². The average Bonchev–Trinajstić information content (AvgIpc) is 2.40. The van der Waals surface area contributed by atoms with Gasteiger partial charge in [-0.05, 0) is 43.0 Å². The van der Waals surface area contributed by atoms with E-state index in [1.165, 1.54) is 24.0 Å². The van der Waals surface area contributed by atoms with Gasteiger partial charge in [0.05, 0.1) is 0 Å². The van der Waals surface area contributed by atoms with Crippen molar-refractivity contribution in [2.75, 3.05) is 13.1 Å². The number of likely N-dealkylation sites (N-methyl/N-ethyl adjacent to an activating group) is 1. The van der Waals surface area contributed by atoms with Gasteiger partial charge in [0.2, 0.25) is 0 Å². The Labute approximate surface area is 111 Å². The zero-order valence-electron chi connectivity index (χ0n) is 11.9. The van der Waals surface area contributed by atoms with Crippen molar-refractivity contribution in [3.8, 4) is 0 Å². The molecule has 100 valence electrons. The van der Waals surface area contributed by atoms with Crippen molar-refractivity contribution in [1.29, 1.82) is 0 Å². The third kappa shape index (κ3) is 2.45. The van der Waals surface area contributed by atoms with Crippen molar-refractivity contribution < 1.29 is 0 Å². The number of rotatable bonds is 4. The summed E-state index contributed by atoms with van der Waals surface area (Å²) in [5, 5.41) is 0. The quantitative estimate of drug-likeness (QED) is 0.883. The summed E-state index contributed by atoms with van der Waals surface area (Å²) >= 11 is 0. The summed E-state index contributed by atoms with van der Waals surface area (Å²) in [7, 11) is 0. The topological polar surface area (TPSA) is 29.3 Å². The van der Waals surface area contributed by atoms with E-state index in [0.29, 0.717) is 12.0 Å². The summed E-state index contributed by atoms with van der Waals surface area (Å²) in [5.74, 6) is 0.622. The van der Waals surface area contributed by atoms with Crippen molar-refractivity contribution in [2.45, 2.75) is 51.6 Å². The lowest BCUT2D eigenvalue weighted by Gasteiger charge is -2.41. The molecule has 2 nitrogen and oxygen atoms in total. The maximum absolute atomic E-state index is 6.52. The molecule has 2 N–H and O–H groups in total. The summed E-state index contributed by atoms with van der Waals surface area (Å²) in [4.78, 5) is 2.55. The summed E-state index contributed by atoms with van der Waals surface area (Å²) < 4.78 is 0. The summed E-state index contributed by atoms with van der Waals surface area (Å²) in [5.41, 5.74) is 9.33. The van der Waals surface area contributed by atoms with Crippen molar-refractivity contribution in [3.05, 3.63) is 35.4 Å². The van der Waals surface area contributed by atoms with E-state index in [-0.39, 0.29) is 6.04 Å². The van der Waals surface area contributed by atoms with Crippen LogP contribution in [0.1, 0.15) is 56.7 Å². The van der Waals surface area contributed by atoms with Crippen molar-refractivity contribution in [2.24, 2.45) is 5.73 Å². The van der Waals surface area contributed by atoms with Gasteiger partial charge < -0.3 is 5.73 Å². The van der Waals surface area contributed by atoms with Gasteiger partial charge in [-0.3, -0.25) is 4.90 Å². The molecule has 0 aliphatic heterocycles. The fourth-order valence-corrected chi connectivity index (χ4v) is 3.33. The van der Waals surface area contributed by atoms with E-state index in [9.17, 15) is 0 Å². The van der Waals surface area contributed by atoms with Gasteiger partial charge in [-0.2, -0.15) is 0 Å². The Morgan fingerprint density at radius 3 is 2.50 bits per heavy atom. The molecular weight excluding hydrogens is 220 g/mol. The number of benzene rings is 1. The fraction of sp³-hybridized carbons (Fsp3) is 0.625. The highest BCUT2D eigenvalue weighted by Crippen LogP contribution is 2.38. The molecule has 0 fully saturated rings. The average molecular weight is 246 g/mol. The monoisotopic (exact) mass is 246 g/mol. The van der Waals surface area contributed by atoms with E-state index in [0.717, 1.165) is 13.1 Å². The SMILES string of the molecule is CCCN(CC)C1CC(C)c2ccccc2C1N. The highest BCUT2D eigenvalue weighted by molar-refractivity contribution is 5.36. The molecule has 2 heteroatoms. The Morgan fingerprint density at radius 1 is 1.22 bits per heavy atom. The third-order valence-corrected chi connectivity index (χ3v) is 4.28. The van der Waals surface area contributed by atoms with Crippen molar-refractivity contribution in [3.63, 3.8) is 0 Å². The smallest absolute Gasteiger partial charge is 0.0456 e. The number of fused-ring (bicyclic) bond motifs is 1. The zero-order chi connectivity index (χ0) is 13.1. The Bertz CT molecular complexity index is 388. The Balaban J connectivity index is 2.27. The molecular formula is C16H26N2. The highest BCUT2D eigenvalue weighted by Gasteiger charge is 2.33. The molecule has 0 amide bonds. The second-order valence-corrected chi connectivity index (χ2v) is 5.49. The Kier molecular flexibility index (Phi) is 4.41. The second kappa shape index (κ2) is 5.85. The Hall–Kier alpha value is -0.860. The maximum Gasteiger partial charge on any atom is 0.0456 e. The molecule has 1 aliphatic rings. The number of hydrogen-bond acceptors (Lipinski definition) is 2. The molecule has 1 aliphatic carbocycles. The van der Waals surface area contributed by atoms with Gasteiger partial charge in [0.15, 0.2) is 0 Å². The van der Waals surface area contributed by atoms with Crippen LogP contribution in [0, 0.1) is 0 Å². The van der Waals surface area contributed by atoms with Gasteiger partial charge in [-0.1, -0.05) is 45.0 Å². The fourth-order valence-electron chi connectivity index (χ4n) is 3.33. The first kappa shape index (κ1) is 13.6. The first-order valence-electron chi connectivity index (χ1n) is 7.27. The summed E-state index contributed by atoms with van der Waals surface area (Å²) in [6, 6.07) is 9.37. The minimum atomic E-state index is 0.170. The molecule has 1 aromatic rings. The van der Waals surface area contributed by atoms with Crippen molar-refractivity contribution >= 4 is 0 Å². The normalized spacial score (nSPS) is 27.3. The van der Waals surface area contributed by atoms with Gasteiger partial charge in [0.25, 0.3) is 0 Å². The molecule has 0 spiro atoms. The lowest BCUT2D eigenvalue weighted by Crippen LogP contribution is -2.46. The first-order valence-corrected chi connectivity index (χ1v) is 7.27. The van der Waals surface area contributed by atoms with Crippen LogP contribution in [0.25, 0.3) is 0 Å². The van der Waals surface area contributed by atoms with Gasteiger partial charge >= 0.3 is 0 Å². The van der Waals surface area contributed by atoms with Crippen LogP contribution in [0.15, 0.2) is 24.3 Å². The van der Waals surface area contributed by atoms with E-state index in [1.807, 2.05) is 0 Å². The van der Waals surface area contributed by atoms with Crippen molar-refractivity contribution in [1.82, 2.24) is 4.90 Å². The predicted octanol–water partition coefficient (Wildman–Crippen LogP) is 3.29. The van der Waals surface area contributed by atoms with Crippen LogP contribution in [0.5, 0.6) is 0 Å². The second-order valence-electron chi connectivity index (χ2n) is 5.49. The molecule has 3 unspecified atom stereocenters. The number of nitrogens with zero attached hydrogens (tertiary/aromatic N) is 1. The van der Waals surface area contributed by atoms with Crippen LogP contribution < -0.4 is 5.73 Å². The molecule has 3 atom stereocenters. The lowest BCUT2D eigenvalue weighted by atomic mass is 9.77. The van der Waals surface area contributed by atoms with Crippen LogP contribution in [-0.2, 0) is 0 Å². The molecule has 2 rings (SSSR count). The molecule has 0 saturated heterocycles. The molecule has 0 aromatic heterocycles. The van der Waals surface area contributed by atoms with E-state index in [1.54, 1.807) is 0 Å². The summed E-state index contributed by atoms with van der Waals surface area (Å²) in [6.07, 6.45) is 2.39. The van der Waals surface area contributed by atoms with Gasteiger partial charge in [0, 0.05) is 12.1 Å². The minimum Gasteiger partial charge on any atom is -0.323 e. The molecule has 0 bridgehead atoms. The third-order valence-electron chi connectivity index (χ3n) is 4.28. The minimum absolute atomic E-state index is 0.170. The lowest BCUT2D eigenvalue weighted by molar-refractivity contribution is 0.155. The van der Waals surface area contributed by atoms with E-state index >= 15 is 0 Å². The zero-order valence-corrected chi connectivity index (χ0v) is 11.9. The predicted molar refractivity (Wildman–Crippen MR) is 77.7 cm³/mol. The van der Waals surface area contributed by atoms with Crippen LogP contribution in [0.2, 0.25) is 0 Å². The van der Waals surface area contributed by atoms with Gasteiger partial charge in [-0.15, -0.1) is 0 Å². The maximum atomic E-state index is 6.52. The molecule has 0 saturated carbocycles. The standard InChI is InChI=1S/C16H26N2/c1-4-10-18(5-2)15-11-12(3)13-8-6-7-9-14(13)16(15)17/h6-9,12,15-16H,4-5,10-11,17H2,1-3H3.